The number of hydrogen-bond donors (Lipinski definition) is 1. The molecule has 0 fully saturated rings. The zero-order valence-electron chi connectivity index (χ0n) is 9.28. The molecule has 0 unspecified atom stereocenters. The van der Waals surface area contributed by atoms with Crippen LogP contribution in [0.5, 0.6) is 0 Å². The van der Waals surface area contributed by atoms with Crippen molar-refractivity contribution < 1.29 is 0 Å². The van der Waals surface area contributed by atoms with E-state index in [1.165, 1.54) is 51.5 Å². The van der Waals surface area contributed by atoms with Crippen molar-refractivity contribution in [1.29, 1.82) is 0 Å². The molecule has 1 nitrogen and oxygen atoms in total. The van der Waals surface area contributed by atoms with Gasteiger partial charge in [0.05, 0.1) is 0 Å². The molecule has 0 atom stereocenters. The second-order valence-corrected chi connectivity index (χ2v) is 3.68. The zero-order chi connectivity index (χ0) is 9.78. The Balaban J connectivity index is 2.76. The Morgan fingerprint density at radius 2 is 1.38 bits per heavy atom. The summed E-state index contributed by atoms with van der Waals surface area (Å²) in [5.41, 5.74) is 0. The van der Waals surface area contributed by atoms with E-state index in [-0.39, 0.29) is 0 Å². The summed E-state index contributed by atoms with van der Waals surface area (Å²) >= 11 is 0. The SMILES string of the molecule is [CH2]CCCCCCCCCNCC. The normalized spacial score (nSPS) is 10.6. The van der Waals surface area contributed by atoms with E-state index in [0.717, 1.165) is 13.0 Å². The standard InChI is InChI=1S/C12H26N/c1-3-5-6-7-8-9-10-11-12-13-4-2/h13H,1,3-12H2,2H3. The highest BCUT2D eigenvalue weighted by Crippen LogP contribution is 2.07. The van der Waals surface area contributed by atoms with E-state index in [2.05, 4.69) is 19.2 Å². The van der Waals surface area contributed by atoms with Crippen LogP contribution in [-0.2, 0) is 0 Å². The maximum atomic E-state index is 3.85. The quantitative estimate of drug-likeness (QED) is 0.512. The fourth-order valence-electron chi connectivity index (χ4n) is 1.49. The molecule has 0 amide bonds. The first-order valence-corrected chi connectivity index (χ1v) is 5.91. The van der Waals surface area contributed by atoms with Gasteiger partial charge in [-0.1, -0.05) is 58.8 Å². The Kier molecular flexibility index (Phi) is 11.9. The van der Waals surface area contributed by atoms with E-state index in [1.54, 1.807) is 0 Å². The van der Waals surface area contributed by atoms with Crippen LogP contribution in [0.1, 0.15) is 58.3 Å². The second kappa shape index (κ2) is 12.0. The van der Waals surface area contributed by atoms with Crippen molar-refractivity contribution in [2.24, 2.45) is 0 Å². The first-order chi connectivity index (χ1) is 6.41. The molecular weight excluding hydrogens is 158 g/mol. The van der Waals surface area contributed by atoms with Gasteiger partial charge in [-0.3, -0.25) is 0 Å². The first-order valence-electron chi connectivity index (χ1n) is 5.91. The predicted octanol–water partition coefficient (Wildman–Crippen LogP) is 3.55. The van der Waals surface area contributed by atoms with Gasteiger partial charge in [0.2, 0.25) is 0 Å². The lowest BCUT2D eigenvalue weighted by Gasteiger charge is -2.01. The fraction of sp³-hybridized carbons (Fsp3) is 0.917. The van der Waals surface area contributed by atoms with Gasteiger partial charge >= 0.3 is 0 Å². The summed E-state index contributed by atoms with van der Waals surface area (Å²) in [6.07, 6.45) is 10.8. The minimum absolute atomic E-state index is 1.11. The molecule has 0 aliphatic heterocycles. The number of unbranched alkanes of at least 4 members (excludes halogenated alkanes) is 7. The molecule has 1 N–H and O–H groups in total. The molecule has 0 aromatic rings. The molecule has 79 valence electrons. The molecule has 13 heavy (non-hydrogen) atoms. The summed E-state index contributed by atoms with van der Waals surface area (Å²) in [6, 6.07) is 0. The third kappa shape index (κ3) is 12.0. The third-order valence-corrected chi connectivity index (χ3v) is 2.35. The van der Waals surface area contributed by atoms with Gasteiger partial charge in [-0.05, 0) is 19.5 Å². The molecule has 0 spiro atoms. The summed E-state index contributed by atoms with van der Waals surface area (Å²) in [5.74, 6) is 0. The van der Waals surface area contributed by atoms with Crippen LogP contribution in [0.2, 0.25) is 0 Å². The largest absolute Gasteiger partial charge is 0.317 e. The van der Waals surface area contributed by atoms with E-state index in [0.29, 0.717) is 0 Å². The maximum Gasteiger partial charge on any atom is -0.00490 e. The van der Waals surface area contributed by atoms with Gasteiger partial charge < -0.3 is 5.32 Å². The lowest BCUT2D eigenvalue weighted by Crippen LogP contribution is -2.13. The van der Waals surface area contributed by atoms with Crippen LogP contribution in [0.15, 0.2) is 0 Å². The Bertz CT molecular complexity index is 71.2. The Hall–Kier alpha value is -0.0400. The Labute approximate surface area is 84.3 Å². The van der Waals surface area contributed by atoms with Crippen LogP contribution in [0.4, 0.5) is 0 Å². The van der Waals surface area contributed by atoms with E-state index in [9.17, 15) is 0 Å². The average Bonchev–Trinajstić information content (AvgIpc) is 2.16. The molecule has 0 bridgehead atoms. The Morgan fingerprint density at radius 1 is 0.846 bits per heavy atom. The second-order valence-electron chi connectivity index (χ2n) is 3.68. The molecule has 1 radical (unpaired) electrons. The van der Waals surface area contributed by atoms with E-state index in [1.807, 2.05) is 0 Å². The molecule has 0 aromatic carbocycles. The van der Waals surface area contributed by atoms with Gasteiger partial charge in [0.15, 0.2) is 0 Å². The van der Waals surface area contributed by atoms with Crippen LogP contribution >= 0.6 is 0 Å². The molecule has 1 heteroatoms. The third-order valence-electron chi connectivity index (χ3n) is 2.35. The van der Waals surface area contributed by atoms with Crippen molar-refractivity contribution in [2.45, 2.75) is 58.3 Å². The van der Waals surface area contributed by atoms with Crippen molar-refractivity contribution in [2.75, 3.05) is 13.1 Å². The van der Waals surface area contributed by atoms with Gasteiger partial charge in [0.25, 0.3) is 0 Å². The number of hydrogen-bond acceptors (Lipinski definition) is 1. The lowest BCUT2D eigenvalue weighted by atomic mass is 10.1. The van der Waals surface area contributed by atoms with Crippen LogP contribution in [0.3, 0.4) is 0 Å². The van der Waals surface area contributed by atoms with Crippen LogP contribution in [0.25, 0.3) is 0 Å². The first kappa shape index (κ1) is 13.0. The van der Waals surface area contributed by atoms with Crippen LogP contribution < -0.4 is 5.32 Å². The Morgan fingerprint density at radius 3 is 1.92 bits per heavy atom. The van der Waals surface area contributed by atoms with E-state index < -0.39 is 0 Å². The van der Waals surface area contributed by atoms with Gasteiger partial charge in [-0.15, -0.1) is 0 Å². The lowest BCUT2D eigenvalue weighted by molar-refractivity contribution is 0.563. The topological polar surface area (TPSA) is 12.0 Å². The van der Waals surface area contributed by atoms with Gasteiger partial charge in [0, 0.05) is 0 Å². The highest BCUT2D eigenvalue weighted by Gasteiger charge is 1.90. The summed E-state index contributed by atoms with van der Waals surface area (Å²) in [5, 5.41) is 3.35. The number of rotatable bonds is 10. The molecule has 0 saturated carbocycles. The molecule has 0 saturated heterocycles. The highest BCUT2D eigenvalue weighted by atomic mass is 14.8. The summed E-state index contributed by atoms with van der Waals surface area (Å²) in [4.78, 5) is 0. The van der Waals surface area contributed by atoms with E-state index >= 15 is 0 Å². The van der Waals surface area contributed by atoms with Crippen LogP contribution in [0, 0.1) is 6.92 Å². The van der Waals surface area contributed by atoms with Crippen molar-refractivity contribution >= 4 is 0 Å². The van der Waals surface area contributed by atoms with Gasteiger partial charge in [0.1, 0.15) is 0 Å². The molecule has 0 heterocycles. The molecule has 0 rings (SSSR count). The molecule has 0 aromatic heterocycles. The van der Waals surface area contributed by atoms with Gasteiger partial charge in [-0.2, -0.15) is 0 Å². The fourth-order valence-corrected chi connectivity index (χ4v) is 1.49. The van der Waals surface area contributed by atoms with E-state index in [4.69, 9.17) is 0 Å². The minimum atomic E-state index is 1.11. The van der Waals surface area contributed by atoms with Crippen molar-refractivity contribution in [3.63, 3.8) is 0 Å². The summed E-state index contributed by atoms with van der Waals surface area (Å²) in [7, 11) is 0. The smallest absolute Gasteiger partial charge is 0.00490 e. The highest BCUT2D eigenvalue weighted by molar-refractivity contribution is 4.49. The summed E-state index contributed by atoms with van der Waals surface area (Å²) < 4.78 is 0. The van der Waals surface area contributed by atoms with Gasteiger partial charge in [-0.25, -0.2) is 0 Å². The molecular formula is C12H26N. The van der Waals surface area contributed by atoms with Crippen molar-refractivity contribution in [3.05, 3.63) is 6.92 Å². The molecule has 0 aliphatic rings. The number of nitrogens with one attached hydrogen (secondary N) is 1. The van der Waals surface area contributed by atoms with Crippen LogP contribution in [-0.4, -0.2) is 13.1 Å². The minimum Gasteiger partial charge on any atom is -0.317 e. The van der Waals surface area contributed by atoms with Crippen molar-refractivity contribution in [1.82, 2.24) is 5.32 Å². The maximum absolute atomic E-state index is 3.85. The predicted molar refractivity (Wildman–Crippen MR) is 60.8 cm³/mol. The summed E-state index contributed by atoms with van der Waals surface area (Å²) in [6.45, 7) is 8.33. The zero-order valence-corrected chi connectivity index (χ0v) is 9.28. The van der Waals surface area contributed by atoms with Crippen molar-refractivity contribution in [3.8, 4) is 0 Å². The average molecular weight is 184 g/mol. The molecule has 0 aliphatic carbocycles. The monoisotopic (exact) mass is 184 g/mol.